The highest BCUT2D eigenvalue weighted by Gasteiger charge is 2.51. The molecule has 21 heavy (non-hydrogen) atoms. The van der Waals surface area contributed by atoms with Crippen LogP contribution >= 0.6 is 0 Å². The van der Waals surface area contributed by atoms with E-state index in [0.29, 0.717) is 6.54 Å². The van der Waals surface area contributed by atoms with Crippen LogP contribution in [0.3, 0.4) is 0 Å². The van der Waals surface area contributed by atoms with Crippen molar-refractivity contribution in [1.29, 1.82) is 0 Å². The van der Waals surface area contributed by atoms with Crippen LogP contribution in [0.15, 0.2) is 48.5 Å². The number of halogens is 1. The number of hydrogen-bond acceptors (Lipinski definition) is 2. The highest BCUT2D eigenvalue weighted by atomic mass is 19.1. The van der Waals surface area contributed by atoms with E-state index in [1.165, 1.54) is 12.1 Å². The molecule has 2 heterocycles. The molecule has 1 unspecified atom stereocenters. The zero-order valence-electron chi connectivity index (χ0n) is 11.5. The van der Waals surface area contributed by atoms with Gasteiger partial charge in [0.05, 0.1) is 0 Å². The summed E-state index contributed by atoms with van der Waals surface area (Å²) in [6.45, 7) is 1.54. The summed E-state index contributed by atoms with van der Waals surface area (Å²) in [6.07, 6.45) is 0.919. The Bertz CT molecular complexity index is 713. The predicted molar refractivity (Wildman–Crippen MR) is 77.3 cm³/mol. The third-order valence-electron chi connectivity index (χ3n) is 4.40. The fourth-order valence-electron chi connectivity index (χ4n) is 3.50. The summed E-state index contributed by atoms with van der Waals surface area (Å²) in [7, 11) is 0. The molecule has 4 rings (SSSR count). The molecular weight excluding hydrogens is 267 g/mol. The molecule has 0 aliphatic carbocycles. The highest BCUT2D eigenvalue weighted by Crippen LogP contribution is 2.43. The van der Waals surface area contributed by atoms with Crippen molar-refractivity contribution in [3.8, 4) is 0 Å². The number of amides is 1. The van der Waals surface area contributed by atoms with E-state index in [-0.39, 0.29) is 11.7 Å². The van der Waals surface area contributed by atoms with Gasteiger partial charge in [0.1, 0.15) is 11.5 Å². The first kappa shape index (κ1) is 12.5. The van der Waals surface area contributed by atoms with Crippen molar-refractivity contribution in [3.63, 3.8) is 0 Å². The second-order valence-electron chi connectivity index (χ2n) is 5.50. The molecule has 1 atom stereocenters. The van der Waals surface area contributed by atoms with Gasteiger partial charge in [-0.25, -0.2) is 4.39 Å². The zero-order valence-corrected chi connectivity index (χ0v) is 11.5. The molecule has 0 spiro atoms. The molecule has 0 bridgehead atoms. The van der Waals surface area contributed by atoms with Crippen molar-refractivity contribution in [3.05, 3.63) is 71.0 Å². The summed E-state index contributed by atoms with van der Waals surface area (Å²) < 4.78 is 13.3. The van der Waals surface area contributed by atoms with Gasteiger partial charge in [-0.15, -0.1) is 0 Å². The summed E-state index contributed by atoms with van der Waals surface area (Å²) in [5, 5.41) is 3.50. The fourth-order valence-corrected chi connectivity index (χ4v) is 3.50. The van der Waals surface area contributed by atoms with E-state index in [1.807, 2.05) is 29.2 Å². The minimum atomic E-state index is -0.653. The topological polar surface area (TPSA) is 32.3 Å². The van der Waals surface area contributed by atoms with Crippen LogP contribution in [0.25, 0.3) is 0 Å². The Morgan fingerprint density at radius 3 is 2.67 bits per heavy atom. The molecule has 0 saturated carbocycles. The third-order valence-corrected chi connectivity index (χ3v) is 4.40. The van der Waals surface area contributed by atoms with Gasteiger partial charge in [0.25, 0.3) is 5.91 Å². The van der Waals surface area contributed by atoms with Crippen LogP contribution in [0.1, 0.15) is 27.9 Å². The van der Waals surface area contributed by atoms with Crippen molar-refractivity contribution in [2.24, 2.45) is 0 Å². The van der Waals surface area contributed by atoms with Gasteiger partial charge in [0.2, 0.25) is 0 Å². The van der Waals surface area contributed by atoms with Crippen LogP contribution in [0.2, 0.25) is 0 Å². The summed E-state index contributed by atoms with van der Waals surface area (Å²) in [6, 6.07) is 14.1. The summed E-state index contributed by atoms with van der Waals surface area (Å²) >= 11 is 0. The van der Waals surface area contributed by atoms with Crippen LogP contribution in [-0.2, 0) is 5.66 Å². The van der Waals surface area contributed by atoms with Gasteiger partial charge in [-0.2, -0.15) is 0 Å². The molecule has 2 aliphatic heterocycles. The molecule has 4 heteroatoms. The Morgan fingerprint density at radius 1 is 1.10 bits per heavy atom. The average molecular weight is 282 g/mol. The quantitative estimate of drug-likeness (QED) is 0.871. The third kappa shape index (κ3) is 1.59. The fraction of sp³-hybridized carbons (Fsp3) is 0.235. The molecule has 2 aromatic carbocycles. The van der Waals surface area contributed by atoms with E-state index < -0.39 is 5.66 Å². The van der Waals surface area contributed by atoms with E-state index >= 15 is 0 Å². The Balaban J connectivity index is 1.98. The van der Waals surface area contributed by atoms with Crippen molar-refractivity contribution >= 4 is 5.91 Å². The molecular formula is C17H15FN2O. The normalized spacial score (nSPS) is 23.9. The molecule has 2 aliphatic rings. The molecule has 106 valence electrons. The number of nitrogens with zero attached hydrogens (tertiary/aromatic N) is 1. The predicted octanol–water partition coefficient (Wildman–Crippen LogP) is 2.48. The van der Waals surface area contributed by atoms with Crippen molar-refractivity contribution in [2.45, 2.75) is 12.1 Å². The number of nitrogens with one attached hydrogen (secondary N) is 1. The monoisotopic (exact) mass is 282 g/mol. The van der Waals surface area contributed by atoms with Gasteiger partial charge in [0.15, 0.2) is 0 Å². The van der Waals surface area contributed by atoms with E-state index in [2.05, 4.69) is 5.32 Å². The lowest BCUT2D eigenvalue weighted by molar-refractivity contribution is 0.0457. The van der Waals surface area contributed by atoms with Crippen LogP contribution in [0.4, 0.5) is 4.39 Å². The van der Waals surface area contributed by atoms with Crippen LogP contribution in [0.5, 0.6) is 0 Å². The van der Waals surface area contributed by atoms with Gasteiger partial charge in [0, 0.05) is 17.7 Å². The number of fused-ring (bicyclic) bond motifs is 3. The number of hydrogen-bond donors (Lipinski definition) is 1. The standard InChI is InChI=1S/C17H15FN2O/c18-13-8-6-12(7-9-13)17-15-5-2-1-4-14(15)16(21)20(17)11-3-10-19-17/h1-2,4-9,19H,3,10-11H2. The van der Waals surface area contributed by atoms with Crippen LogP contribution < -0.4 is 5.32 Å². The maximum Gasteiger partial charge on any atom is 0.256 e. The SMILES string of the molecule is O=C1c2ccccc2C2(c3ccc(F)cc3)NCCCN12. The maximum absolute atomic E-state index is 13.3. The second kappa shape index (κ2) is 4.40. The van der Waals surface area contributed by atoms with E-state index in [9.17, 15) is 9.18 Å². The average Bonchev–Trinajstić information content (AvgIpc) is 2.80. The molecule has 1 amide bonds. The van der Waals surface area contributed by atoms with Crippen molar-refractivity contribution in [2.75, 3.05) is 13.1 Å². The number of benzene rings is 2. The number of carbonyl (C=O) groups is 1. The van der Waals surface area contributed by atoms with Crippen molar-refractivity contribution < 1.29 is 9.18 Å². The number of carbonyl (C=O) groups excluding carboxylic acids is 1. The summed E-state index contributed by atoms with van der Waals surface area (Å²) in [5.41, 5.74) is 1.94. The van der Waals surface area contributed by atoms with Gasteiger partial charge in [-0.1, -0.05) is 30.3 Å². The second-order valence-corrected chi connectivity index (χ2v) is 5.50. The summed E-state index contributed by atoms with van der Waals surface area (Å²) in [5.74, 6) is -0.225. The Labute approximate surface area is 122 Å². The summed E-state index contributed by atoms with van der Waals surface area (Å²) in [4.78, 5) is 14.6. The van der Waals surface area contributed by atoms with Crippen molar-refractivity contribution in [1.82, 2.24) is 10.2 Å². The maximum atomic E-state index is 13.3. The molecule has 1 N–H and O–H groups in total. The Hall–Kier alpha value is -2.20. The number of rotatable bonds is 1. The molecule has 1 saturated heterocycles. The zero-order chi connectivity index (χ0) is 14.4. The van der Waals surface area contributed by atoms with Gasteiger partial charge in [-0.05, 0) is 36.7 Å². The van der Waals surface area contributed by atoms with Crippen LogP contribution in [-0.4, -0.2) is 23.9 Å². The minimum Gasteiger partial charge on any atom is -0.312 e. The first-order valence-electron chi connectivity index (χ1n) is 7.16. The first-order valence-corrected chi connectivity index (χ1v) is 7.16. The molecule has 0 radical (unpaired) electrons. The minimum absolute atomic E-state index is 0.0436. The highest BCUT2D eigenvalue weighted by molar-refractivity contribution is 6.00. The Morgan fingerprint density at radius 2 is 1.86 bits per heavy atom. The lowest BCUT2D eigenvalue weighted by atomic mass is 9.89. The molecule has 1 fully saturated rings. The first-order chi connectivity index (χ1) is 10.2. The van der Waals surface area contributed by atoms with Gasteiger partial charge < -0.3 is 4.90 Å². The lowest BCUT2D eigenvalue weighted by Gasteiger charge is -2.44. The van der Waals surface area contributed by atoms with Gasteiger partial charge in [-0.3, -0.25) is 10.1 Å². The largest absolute Gasteiger partial charge is 0.312 e. The van der Waals surface area contributed by atoms with E-state index in [0.717, 1.165) is 29.7 Å². The Kier molecular flexibility index (Phi) is 2.62. The van der Waals surface area contributed by atoms with Gasteiger partial charge >= 0.3 is 0 Å². The van der Waals surface area contributed by atoms with Crippen LogP contribution in [0, 0.1) is 5.82 Å². The lowest BCUT2D eigenvalue weighted by Crippen LogP contribution is -2.59. The smallest absolute Gasteiger partial charge is 0.256 e. The van der Waals surface area contributed by atoms with E-state index in [1.54, 1.807) is 12.1 Å². The molecule has 0 aromatic heterocycles. The molecule has 3 nitrogen and oxygen atoms in total. The van der Waals surface area contributed by atoms with E-state index in [4.69, 9.17) is 0 Å². The molecule has 2 aromatic rings.